The standard InChI is InChI=1S/C14H20ClN/c1-14(9-3-4-10-14)13(16-2)11-5-7-12(15)8-6-11/h5-8,13,16H,3-4,9-10H2,1-2H3. The molecule has 1 aliphatic rings. The molecule has 0 aliphatic heterocycles. The Morgan fingerprint density at radius 2 is 1.75 bits per heavy atom. The quantitative estimate of drug-likeness (QED) is 0.832. The third-order valence-corrected chi connectivity index (χ3v) is 4.19. The summed E-state index contributed by atoms with van der Waals surface area (Å²) < 4.78 is 0. The van der Waals surface area contributed by atoms with Crippen molar-refractivity contribution in [1.82, 2.24) is 5.32 Å². The van der Waals surface area contributed by atoms with Crippen LogP contribution in [0.1, 0.15) is 44.2 Å². The van der Waals surface area contributed by atoms with Crippen LogP contribution in [0.3, 0.4) is 0 Å². The van der Waals surface area contributed by atoms with E-state index in [0.29, 0.717) is 11.5 Å². The smallest absolute Gasteiger partial charge is 0.0406 e. The lowest BCUT2D eigenvalue weighted by atomic mass is 9.77. The number of nitrogens with one attached hydrogen (secondary N) is 1. The summed E-state index contributed by atoms with van der Waals surface area (Å²) in [7, 11) is 2.06. The Kier molecular flexibility index (Phi) is 3.56. The summed E-state index contributed by atoms with van der Waals surface area (Å²) in [4.78, 5) is 0. The van der Waals surface area contributed by atoms with Crippen molar-refractivity contribution in [2.45, 2.75) is 38.6 Å². The number of hydrogen-bond acceptors (Lipinski definition) is 1. The van der Waals surface area contributed by atoms with Crippen LogP contribution >= 0.6 is 11.6 Å². The van der Waals surface area contributed by atoms with Crippen LogP contribution in [-0.2, 0) is 0 Å². The number of rotatable bonds is 3. The largest absolute Gasteiger partial charge is 0.313 e. The van der Waals surface area contributed by atoms with E-state index >= 15 is 0 Å². The molecule has 0 aromatic heterocycles. The normalized spacial score (nSPS) is 20.9. The highest BCUT2D eigenvalue weighted by molar-refractivity contribution is 6.30. The van der Waals surface area contributed by atoms with Crippen molar-refractivity contribution in [3.05, 3.63) is 34.9 Å². The summed E-state index contributed by atoms with van der Waals surface area (Å²) in [5.41, 5.74) is 1.76. The van der Waals surface area contributed by atoms with Crippen molar-refractivity contribution < 1.29 is 0 Å². The molecule has 0 bridgehead atoms. The fourth-order valence-electron chi connectivity index (χ4n) is 3.04. The van der Waals surface area contributed by atoms with E-state index in [1.165, 1.54) is 31.2 Å². The minimum atomic E-state index is 0.405. The summed E-state index contributed by atoms with van der Waals surface area (Å²) in [5.74, 6) is 0. The molecular formula is C14H20ClN. The SMILES string of the molecule is CNC(c1ccc(Cl)cc1)C1(C)CCCC1. The first-order valence-corrected chi connectivity index (χ1v) is 6.46. The van der Waals surface area contributed by atoms with Crippen molar-refractivity contribution in [2.75, 3.05) is 7.05 Å². The molecule has 1 aromatic carbocycles. The van der Waals surface area contributed by atoms with Gasteiger partial charge in [0.25, 0.3) is 0 Å². The highest BCUT2D eigenvalue weighted by Gasteiger charge is 2.36. The molecule has 1 N–H and O–H groups in total. The Hall–Kier alpha value is -0.530. The highest BCUT2D eigenvalue weighted by atomic mass is 35.5. The van der Waals surface area contributed by atoms with Gasteiger partial charge in [-0.15, -0.1) is 0 Å². The molecule has 1 aromatic rings. The first-order valence-electron chi connectivity index (χ1n) is 6.08. The van der Waals surface area contributed by atoms with Gasteiger partial charge in [0.15, 0.2) is 0 Å². The second-order valence-corrected chi connectivity index (χ2v) is 5.57. The lowest BCUT2D eigenvalue weighted by Crippen LogP contribution is -2.32. The van der Waals surface area contributed by atoms with E-state index in [-0.39, 0.29) is 0 Å². The van der Waals surface area contributed by atoms with Gasteiger partial charge in [-0.1, -0.05) is 43.5 Å². The molecule has 1 atom stereocenters. The molecule has 1 saturated carbocycles. The molecule has 1 fully saturated rings. The van der Waals surface area contributed by atoms with Crippen LogP contribution < -0.4 is 5.32 Å². The van der Waals surface area contributed by atoms with Gasteiger partial charge in [-0.3, -0.25) is 0 Å². The predicted octanol–water partition coefficient (Wildman–Crippen LogP) is 4.18. The molecule has 1 unspecified atom stereocenters. The highest BCUT2D eigenvalue weighted by Crippen LogP contribution is 2.47. The molecule has 0 radical (unpaired) electrons. The summed E-state index contributed by atoms with van der Waals surface area (Å²) in [6.07, 6.45) is 5.37. The molecule has 0 saturated heterocycles. The molecule has 1 aliphatic carbocycles. The van der Waals surface area contributed by atoms with E-state index in [1.54, 1.807) is 0 Å². The van der Waals surface area contributed by atoms with Crippen molar-refractivity contribution in [2.24, 2.45) is 5.41 Å². The van der Waals surface area contributed by atoms with Crippen LogP contribution in [0.25, 0.3) is 0 Å². The molecule has 2 rings (SSSR count). The van der Waals surface area contributed by atoms with Crippen LogP contribution in [0.5, 0.6) is 0 Å². The minimum Gasteiger partial charge on any atom is -0.313 e. The fourth-order valence-corrected chi connectivity index (χ4v) is 3.17. The zero-order valence-electron chi connectivity index (χ0n) is 10.1. The molecule has 0 spiro atoms. The van der Waals surface area contributed by atoms with E-state index in [2.05, 4.69) is 31.4 Å². The zero-order chi connectivity index (χ0) is 11.6. The summed E-state index contributed by atoms with van der Waals surface area (Å²) in [5, 5.41) is 4.29. The van der Waals surface area contributed by atoms with Gasteiger partial charge in [-0.25, -0.2) is 0 Å². The predicted molar refractivity (Wildman–Crippen MR) is 69.8 cm³/mol. The van der Waals surface area contributed by atoms with Gasteiger partial charge in [-0.05, 0) is 43.0 Å². The number of benzene rings is 1. The second kappa shape index (κ2) is 4.77. The maximum atomic E-state index is 5.93. The van der Waals surface area contributed by atoms with E-state index in [9.17, 15) is 0 Å². The Labute approximate surface area is 103 Å². The lowest BCUT2D eigenvalue weighted by Gasteiger charge is -2.34. The maximum Gasteiger partial charge on any atom is 0.0406 e. The van der Waals surface area contributed by atoms with Gasteiger partial charge < -0.3 is 5.32 Å². The van der Waals surface area contributed by atoms with Crippen molar-refractivity contribution in [3.63, 3.8) is 0 Å². The van der Waals surface area contributed by atoms with Crippen LogP contribution in [0.15, 0.2) is 24.3 Å². The van der Waals surface area contributed by atoms with Gasteiger partial charge >= 0.3 is 0 Å². The molecule has 0 amide bonds. The monoisotopic (exact) mass is 237 g/mol. The van der Waals surface area contributed by atoms with Gasteiger partial charge in [0, 0.05) is 11.1 Å². The number of hydrogen-bond donors (Lipinski definition) is 1. The second-order valence-electron chi connectivity index (χ2n) is 5.13. The van der Waals surface area contributed by atoms with Crippen molar-refractivity contribution in [3.8, 4) is 0 Å². The van der Waals surface area contributed by atoms with Gasteiger partial charge in [0.05, 0.1) is 0 Å². The topological polar surface area (TPSA) is 12.0 Å². The van der Waals surface area contributed by atoms with Crippen molar-refractivity contribution in [1.29, 1.82) is 0 Å². The first kappa shape index (κ1) is 11.9. The third-order valence-electron chi connectivity index (χ3n) is 3.93. The average Bonchev–Trinajstić information content (AvgIpc) is 2.70. The molecule has 2 heteroatoms. The van der Waals surface area contributed by atoms with Gasteiger partial charge in [0.2, 0.25) is 0 Å². The Bertz CT molecular complexity index is 338. The lowest BCUT2D eigenvalue weighted by molar-refractivity contribution is 0.234. The zero-order valence-corrected chi connectivity index (χ0v) is 10.8. The van der Waals surface area contributed by atoms with E-state index in [0.717, 1.165) is 5.02 Å². The summed E-state index contributed by atoms with van der Waals surface area (Å²) in [6.45, 7) is 2.40. The Morgan fingerprint density at radius 3 is 2.25 bits per heavy atom. The Balaban J connectivity index is 2.25. The molecule has 0 heterocycles. The van der Waals surface area contributed by atoms with Crippen LogP contribution in [0.4, 0.5) is 0 Å². The first-order chi connectivity index (χ1) is 7.65. The van der Waals surface area contributed by atoms with Crippen LogP contribution in [-0.4, -0.2) is 7.05 Å². The fraction of sp³-hybridized carbons (Fsp3) is 0.571. The molecule has 1 nitrogen and oxygen atoms in total. The third kappa shape index (κ3) is 2.26. The Morgan fingerprint density at radius 1 is 1.19 bits per heavy atom. The molecular weight excluding hydrogens is 218 g/mol. The molecule has 88 valence electrons. The minimum absolute atomic E-state index is 0.405. The maximum absolute atomic E-state index is 5.93. The van der Waals surface area contributed by atoms with Crippen LogP contribution in [0.2, 0.25) is 5.02 Å². The van der Waals surface area contributed by atoms with Crippen LogP contribution in [0, 0.1) is 5.41 Å². The summed E-state index contributed by atoms with van der Waals surface area (Å²) in [6, 6.07) is 8.71. The van der Waals surface area contributed by atoms with Crippen molar-refractivity contribution >= 4 is 11.6 Å². The van der Waals surface area contributed by atoms with E-state index < -0.39 is 0 Å². The van der Waals surface area contributed by atoms with E-state index in [1.807, 2.05) is 12.1 Å². The van der Waals surface area contributed by atoms with Gasteiger partial charge in [-0.2, -0.15) is 0 Å². The van der Waals surface area contributed by atoms with E-state index in [4.69, 9.17) is 11.6 Å². The van der Waals surface area contributed by atoms with Gasteiger partial charge in [0.1, 0.15) is 0 Å². The molecule has 16 heavy (non-hydrogen) atoms. The average molecular weight is 238 g/mol. The summed E-state index contributed by atoms with van der Waals surface area (Å²) >= 11 is 5.93. The number of halogens is 1.